The van der Waals surface area contributed by atoms with Gasteiger partial charge in [-0.05, 0) is 30.5 Å². The van der Waals surface area contributed by atoms with E-state index in [9.17, 15) is 4.79 Å². The van der Waals surface area contributed by atoms with Crippen molar-refractivity contribution in [2.45, 2.75) is 19.3 Å². The van der Waals surface area contributed by atoms with Gasteiger partial charge in [0.1, 0.15) is 5.75 Å². The molecule has 0 heterocycles. The van der Waals surface area contributed by atoms with Gasteiger partial charge >= 0.3 is 0 Å². The second-order valence-corrected chi connectivity index (χ2v) is 4.39. The van der Waals surface area contributed by atoms with Crippen molar-refractivity contribution in [2.24, 2.45) is 0 Å². The highest BCUT2D eigenvalue weighted by atomic mass is 16.5. The lowest BCUT2D eigenvalue weighted by atomic mass is 10.1. The summed E-state index contributed by atoms with van der Waals surface area (Å²) in [7, 11) is 1.63. The Morgan fingerprint density at radius 1 is 1.35 bits per heavy atom. The molecule has 0 saturated heterocycles. The first-order valence-electron chi connectivity index (χ1n) is 6.84. The van der Waals surface area contributed by atoms with Gasteiger partial charge in [-0.1, -0.05) is 12.1 Å². The summed E-state index contributed by atoms with van der Waals surface area (Å²) in [5, 5.41) is 11.4. The second-order valence-electron chi connectivity index (χ2n) is 4.39. The van der Waals surface area contributed by atoms with Gasteiger partial charge in [0.15, 0.2) is 0 Å². The van der Waals surface area contributed by atoms with Crippen molar-refractivity contribution in [3.05, 3.63) is 29.8 Å². The normalized spacial score (nSPS) is 10.3. The van der Waals surface area contributed by atoms with E-state index in [4.69, 9.17) is 14.6 Å². The van der Waals surface area contributed by atoms with Crippen LogP contribution in [0.2, 0.25) is 0 Å². The zero-order chi connectivity index (χ0) is 14.6. The summed E-state index contributed by atoms with van der Waals surface area (Å²) < 4.78 is 10.2. The highest BCUT2D eigenvalue weighted by Gasteiger charge is 2.02. The lowest BCUT2D eigenvalue weighted by Crippen LogP contribution is -2.25. The summed E-state index contributed by atoms with van der Waals surface area (Å²) in [5.41, 5.74) is 1.09. The molecule has 0 spiro atoms. The summed E-state index contributed by atoms with van der Waals surface area (Å²) in [6, 6.07) is 7.73. The molecule has 1 rings (SSSR count). The van der Waals surface area contributed by atoms with Crippen molar-refractivity contribution in [3.8, 4) is 5.75 Å². The third-order valence-electron chi connectivity index (χ3n) is 2.80. The molecule has 0 aromatic heterocycles. The third kappa shape index (κ3) is 7.11. The van der Waals surface area contributed by atoms with E-state index >= 15 is 0 Å². The number of methoxy groups -OCH3 is 1. The van der Waals surface area contributed by atoms with Gasteiger partial charge in [0, 0.05) is 19.6 Å². The second kappa shape index (κ2) is 10.2. The molecular formula is C15H23NO4. The molecule has 0 radical (unpaired) electrons. The molecule has 5 heteroatoms. The predicted octanol–water partition coefficient (Wildman–Crippen LogP) is 1.14. The molecule has 112 valence electrons. The minimum absolute atomic E-state index is 0.0346. The lowest BCUT2D eigenvalue weighted by molar-refractivity contribution is -0.121. The zero-order valence-corrected chi connectivity index (χ0v) is 11.9. The molecule has 2 N–H and O–H groups in total. The minimum Gasteiger partial charge on any atom is -0.497 e. The van der Waals surface area contributed by atoms with Crippen LogP contribution in [0, 0.1) is 0 Å². The molecular weight excluding hydrogens is 258 g/mol. The number of aliphatic hydroxyl groups excluding tert-OH is 1. The largest absolute Gasteiger partial charge is 0.497 e. The molecule has 1 aromatic rings. The quantitative estimate of drug-likeness (QED) is 0.631. The van der Waals surface area contributed by atoms with Crippen molar-refractivity contribution in [1.82, 2.24) is 5.32 Å². The topological polar surface area (TPSA) is 67.8 Å². The van der Waals surface area contributed by atoms with E-state index in [1.807, 2.05) is 24.3 Å². The van der Waals surface area contributed by atoms with Crippen LogP contribution in [0.15, 0.2) is 24.3 Å². The molecule has 0 bridgehead atoms. The van der Waals surface area contributed by atoms with Crippen LogP contribution in [0.5, 0.6) is 5.75 Å². The lowest BCUT2D eigenvalue weighted by Gasteiger charge is -2.06. The Morgan fingerprint density at radius 2 is 2.20 bits per heavy atom. The number of hydrogen-bond acceptors (Lipinski definition) is 4. The summed E-state index contributed by atoms with van der Waals surface area (Å²) >= 11 is 0. The van der Waals surface area contributed by atoms with Crippen molar-refractivity contribution >= 4 is 5.91 Å². The highest BCUT2D eigenvalue weighted by molar-refractivity contribution is 5.76. The van der Waals surface area contributed by atoms with E-state index < -0.39 is 0 Å². The highest BCUT2D eigenvalue weighted by Crippen LogP contribution is 2.13. The average Bonchev–Trinajstić information content (AvgIpc) is 2.49. The number of carbonyl (C=O) groups is 1. The number of carbonyl (C=O) groups excluding carboxylic acids is 1. The third-order valence-corrected chi connectivity index (χ3v) is 2.80. The van der Waals surface area contributed by atoms with Gasteiger partial charge in [0.2, 0.25) is 5.91 Å². The number of hydrogen-bond donors (Lipinski definition) is 2. The van der Waals surface area contributed by atoms with Crippen LogP contribution >= 0.6 is 0 Å². The number of benzene rings is 1. The summed E-state index contributed by atoms with van der Waals surface area (Å²) in [5.74, 6) is 0.846. The number of amides is 1. The fourth-order valence-corrected chi connectivity index (χ4v) is 1.74. The molecule has 1 amide bonds. The van der Waals surface area contributed by atoms with Gasteiger partial charge in [0.25, 0.3) is 0 Å². The van der Waals surface area contributed by atoms with Gasteiger partial charge in [-0.25, -0.2) is 0 Å². The van der Waals surface area contributed by atoms with Crippen LogP contribution in [0.3, 0.4) is 0 Å². The van der Waals surface area contributed by atoms with E-state index in [0.29, 0.717) is 32.6 Å². The molecule has 0 atom stereocenters. The fourth-order valence-electron chi connectivity index (χ4n) is 1.74. The van der Waals surface area contributed by atoms with Crippen LogP contribution in [-0.4, -0.2) is 44.5 Å². The van der Waals surface area contributed by atoms with Crippen molar-refractivity contribution in [2.75, 3.05) is 33.5 Å². The monoisotopic (exact) mass is 281 g/mol. The van der Waals surface area contributed by atoms with Gasteiger partial charge in [0.05, 0.1) is 20.3 Å². The average molecular weight is 281 g/mol. The summed E-state index contributed by atoms with van der Waals surface area (Å²) in [6.45, 7) is 1.54. The Labute approximate surface area is 119 Å². The standard InChI is InChI=1S/C15H23NO4/c1-19-14-5-2-4-13(12-14)6-7-15(18)16-8-3-10-20-11-9-17/h2,4-5,12,17H,3,6-11H2,1H3,(H,16,18). The maximum atomic E-state index is 11.6. The number of aliphatic hydroxyl groups is 1. The minimum atomic E-state index is 0.0346. The maximum absolute atomic E-state index is 11.6. The Kier molecular flexibility index (Phi) is 8.42. The molecule has 0 unspecified atom stereocenters. The van der Waals surface area contributed by atoms with Gasteiger partial charge < -0.3 is 19.9 Å². The van der Waals surface area contributed by atoms with E-state index in [1.165, 1.54) is 0 Å². The van der Waals surface area contributed by atoms with Gasteiger partial charge in [-0.15, -0.1) is 0 Å². The van der Waals surface area contributed by atoms with E-state index in [0.717, 1.165) is 17.7 Å². The first-order valence-corrected chi connectivity index (χ1v) is 6.84. The van der Waals surface area contributed by atoms with Gasteiger partial charge in [-0.3, -0.25) is 4.79 Å². The number of aryl methyl sites for hydroxylation is 1. The SMILES string of the molecule is COc1cccc(CCC(=O)NCCCOCCO)c1. The maximum Gasteiger partial charge on any atom is 0.220 e. The molecule has 0 saturated carbocycles. The number of ether oxygens (including phenoxy) is 2. The van der Waals surface area contributed by atoms with Crippen molar-refractivity contribution in [1.29, 1.82) is 0 Å². The predicted molar refractivity (Wildman–Crippen MR) is 76.8 cm³/mol. The summed E-state index contributed by atoms with van der Waals surface area (Å²) in [6.07, 6.45) is 1.92. The smallest absolute Gasteiger partial charge is 0.220 e. The molecule has 0 aliphatic rings. The number of nitrogens with one attached hydrogen (secondary N) is 1. The Bertz CT molecular complexity index is 395. The molecule has 20 heavy (non-hydrogen) atoms. The Hall–Kier alpha value is -1.59. The van der Waals surface area contributed by atoms with E-state index in [2.05, 4.69) is 5.32 Å². The molecule has 0 aliphatic heterocycles. The van der Waals surface area contributed by atoms with E-state index in [-0.39, 0.29) is 12.5 Å². The Morgan fingerprint density at radius 3 is 2.95 bits per heavy atom. The first-order chi connectivity index (χ1) is 9.76. The van der Waals surface area contributed by atoms with Crippen LogP contribution in [0.4, 0.5) is 0 Å². The van der Waals surface area contributed by atoms with Crippen LogP contribution < -0.4 is 10.1 Å². The van der Waals surface area contributed by atoms with Crippen LogP contribution in [0.1, 0.15) is 18.4 Å². The fraction of sp³-hybridized carbons (Fsp3) is 0.533. The van der Waals surface area contributed by atoms with Crippen LogP contribution in [0.25, 0.3) is 0 Å². The molecule has 5 nitrogen and oxygen atoms in total. The first kappa shape index (κ1) is 16.5. The van der Waals surface area contributed by atoms with Crippen molar-refractivity contribution in [3.63, 3.8) is 0 Å². The number of rotatable bonds is 10. The van der Waals surface area contributed by atoms with Gasteiger partial charge in [-0.2, -0.15) is 0 Å². The summed E-state index contributed by atoms with van der Waals surface area (Å²) in [4.78, 5) is 11.6. The van der Waals surface area contributed by atoms with Crippen LogP contribution in [-0.2, 0) is 16.0 Å². The molecule has 1 aromatic carbocycles. The zero-order valence-electron chi connectivity index (χ0n) is 11.9. The Balaban J connectivity index is 2.13. The molecule has 0 fully saturated rings. The molecule has 0 aliphatic carbocycles. The van der Waals surface area contributed by atoms with E-state index in [1.54, 1.807) is 7.11 Å². The van der Waals surface area contributed by atoms with Crippen molar-refractivity contribution < 1.29 is 19.4 Å².